The van der Waals surface area contributed by atoms with E-state index in [4.69, 9.17) is 5.26 Å². The number of carbonyl (C=O) groups excluding carboxylic acids is 1. The number of nitrogens with zero attached hydrogens (tertiary/aromatic N) is 2. The first-order valence-electron chi connectivity index (χ1n) is 8.70. The number of phenols is 1. The molecule has 5 nitrogen and oxygen atoms in total. The van der Waals surface area contributed by atoms with Gasteiger partial charge in [-0.1, -0.05) is 12.1 Å². The van der Waals surface area contributed by atoms with E-state index in [2.05, 4.69) is 10.7 Å². The number of anilines is 1. The zero-order valence-electron chi connectivity index (χ0n) is 14.2. The summed E-state index contributed by atoms with van der Waals surface area (Å²) in [6, 6.07) is 13.2. The Hall–Kier alpha value is -2.65. The Morgan fingerprint density at radius 1 is 1.27 bits per heavy atom. The molecule has 2 atom stereocenters. The number of nitrogens with one attached hydrogen (secondary N) is 1. The Balaban J connectivity index is 1.74. The Bertz CT molecular complexity index is 893. The molecule has 6 heteroatoms. The van der Waals surface area contributed by atoms with E-state index in [1.807, 2.05) is 35.2 Å². The van der Waals surface area contributed by atoms with Crippen LogP contribution in [0.5, 0.6) is 5.75 Å². The molecule has 2 aromatic rings. The molecule has 1 amide bonds. The second-order valence-corrected chi connectivity index (χ2v) is 7.53. The van der Waals surface area contributed by atoms with E-state index < -0.39 is 0 Å². The molecule has 132 valence electrons. The lowest BCUT2D eigenvalue weighted by Gasteiger charge is -2.38. The number of rotatable bonds is 3. The first kappa shape index (κ1) is 16.8. The molecule has 2 aromatic carbocycles. The topological polar surface area (TPSA) is 76.4 Å². The quantitative estimate of drug-likeness (QED) is 0.630. The summed E-state index contributed by atoms with van der Waals surface area (Å²) < 4.78 is 0. The van der Waals surface area contributed by atoms with E-state index in [1.165, 1.54) is 0 Å². The standard InChI is InChI=1S/C20H19N3O2S/c21-12-26-15-6-7-17-16(10-15)19(23-8-2-5-20(23)25)11-18(22-17)13-3-1-4-14(24)9-13/h1,3-4,6-7,9-10,18-19,22,24H,2,5,8,11H2/t18-,19+/m0/s1. The summed E-state index contributed by atoms with van der Waals surface area (Å²) >= 11 is 1.13. The largest absolute Gasteiger partial charge is 0.508 e. The minimum Gasteiger partial charge on any atom is -0.508 e. The number of phenolic OH excluding ortho intramolecular Hbond substituents is 1. The average Bonchev–Trinajstić information content (AvgIpc) is 3.07. The summed E-state index contributed by atoms with van der Waals surface area (Å²) in [4.78, 5) is 15.3. The number of aromatic hydroxyl groups is 1. The smallest absolute Gasteiger partial charge is 0.223 e. The molecule has 2 aliphatic rings. The molecule has 26 heavy (non-hydrogen) atoms. The van der Waals surface area contributed by atoms with Crippen molar-refractivity contribution < 1.29 is 9.90 Å². The summed E-state index contributed by atoms with van der Waals surface area (Å²) in [5, 5.41) is 24.4. The van der Waals surface area contributed by atoms with Crippen molar-refractivity contribution >= 4 is 23.4 Å². The molecule has 2 aliphatic heterocycles. The van der Waals surface area contributed by atoms with E-state index in [-0.39, 0.29) is 23.7 Å². The highest BCUT2D eigenvalue weighted by Crippen LogP contribution is 2.44. The number of likely N-dealkylation sites (tertiary alicyclic amines) is 1. The van der Waals surface area contributed by atoms with Crippen LogP contribution in [-0.4, -0.2) is 22.5 Å². The molecule has 2 N–H and O–H groups in total. The number of thiocyanates is 1. The number of thioether (sulfide) groups is 1. The van der Waals surface area contributed by atoms with Gasteiger partial charge in [0.05, 0.1) is 12.1 Å². The van der Waals surface area contributed by atoms with Gasteiger partial charge in [-0.25, -0.2) is 0 Å². The van der Waals surface area contributed by atoms with Crippen LogP contribution in [0.15, 0.2) is 47.4 Å². The molecule has 1 saturated heterocycles. The highest BCUT2D eigenvalue weighted by atomic mass is 32.2. The number of hydrogen-bond acceptors (Lipinski definition) is 5. The molecule has 0 unspecified atom stereocenters. The Morgan fingerprint density at radius 2 is 2.15 bits per heavy atom. The molecule has 0 spiro atoms. The van der Waals surface area contributed by atoms with Gasteiger partial charge in [0.15, 0.2) is 0 Å². The van der Waals surface area contributed by atoms with Crippen molar-refractivity contribution in [2.45, 2.75) is 36.2 Å². The maximum atomic E-state index is 12.4. The fourth-order valence-corrected chi connectivity index (χ4v) is 4.34. The molecule has 4 rings (SSSR count). The van der Waals surface area contributed by atoms with Crippen molar-refractivity contribution in [1.82, 2.24) is 4.90 Å². The molecule has 0 aromatic heterocycles. The number of hydrogen-bond donors (Lipinski definition) is 2. The SMILES string of the molecule is N#CSc1ccc2c(c1)[C@H](N1CCCC1=O)C[C@@H](c1cccc(O)c1)N2. The van der Waals surface area contributed by atoms with Crippen LogP contribution < -0.4 is 5.32 Å². The zero-order valence-corrected chi connectivity index (χ0v) is 15.0. The van der Waals surface area contributed by atoms with Crippen molar-refractivity contribution in [3.05, 3.63) is 53.6 Å². The maximum absolute atomic E-state index is 12.4. The lowest BCUT2D eigenvalue weighted by Crippen LogP contribution is -2.35. The summed E-state index contributed by atoms with van der Waals surface area (Å²) in [6.45, 7) is 0.769. The highest BCUT2D eigenvalue weighted by molar-refractivity contribution is 8.03. The van der Waals surface area contributed by atoms with Crippen LogP contribution >= 0.6 is 11.8 Å². The second-order valence-electron chi connectivity index (χ2n) is 6.68. The van der Waals surface area contributed by atoms with E-state index in [0.717, 1.165) is 52.9 Å². The van der Waals surface area contributed by atoms with Crippen LogP contribution in [0.4, 0.5) is 5.69 Å². The first-order valence-corrected chi connectivity index (χ1v) is 9.52. The number of amides is 1. The third kappa shape index (κ3) is 3.11. The number of benzene rings is 2. The van der Waals surface area contributed by atoms with Gasteiger partial charge in [-0.15, -0.1) is 0 Å². The second kappa shape index (κ2) is 6.93. The van der Waals surface area contributed by atoms with E-state index >= 15 is 0 Å². The minimum atomic E-state index is -0.0205. The number of nitriles is 1. The normalized spacial score (nSPS) is 21.8. The van der Waals surface area contributed by atoms with E-state index in [9.17, 15) is 9.90 Å². The maximum Gasteiger partial charge on any atom is 0.223 e. The summed E-state index contributed by atoms with van der Waals surface area (Å²) in [6.07, 6.45) is 2.23. The Labute approximate surface area is 156 Å². The first-order chi connectivity index (χ1) is 12.7. The summed E-state index contributed by atoms with van der Waals surface area (Å²) in [5.74, 6) is 0.431. The monoisotopic (exact) mass is 365 g/mol. The molecule has 1 fully saturated rings. The molecule has 0 radical (unpaired) electrons. The number of carbonyl (C=O) groups is 1. The molecule has 2 heterocycles. The van der Waals surface area contributed by atoms with Crippen molar-refractivity contribution in [3.8, 4) is 11.2 Å². The molecule has 0 aliphatic carbocycles. The van der Waals surface area contributed by atoms with Crippen molar-refractivity contribution in [2.75, 3.05) is 11.9 Å². The van der Waals surface area contributed by atoms with Gasteiger partial charge in [0.2, 0.25) is 5.91 Å². The zero-order chi connectivity index (χ0) is 18.1. The van der Waals surface area contributed by atoms with E-state index in [0.29, 0.717) is 6.42 Å². The molecular weight excluding hydrogens is 346 g/mol. The predicted molar refractivity (Wildman–Crippen MR) is 101 cm³/mol. The van der Waals surface area contributed by atoms with Crippen LogP contribution in [-0.2, 0) is 4.79 Å². The Morgan fingerprint density at radius 3 is 2.88 bits per heavy atom. The average molecular weight is 365 g/mol. The fraction of sp³-hybridized carbons (Fsp3) is 0.300. The van der Waals surface area contributed by atoms with Gasteiger partial charge in [-0.05, 0) is 66.1 Å². The van der Waals surface area contributed by atoms with Crippen molar-refractivity contribution in [1.29, 1.82) is 5.26 Å². The van der Waals surface area contributed by atoms with Gasteiger partial charge in [0.1, 0.15) is 11.2 Å². The van der Waals surface area contributed by atoms with Gasteiger partial charge in [0.25, 0.3) is 0 Å². The summed E-state index contributed by atoms with van der Waals surface area (Å²) in [5.41, 5.74) is 3.05. The summed E-state index contributed by atoms with van der Waals surface area (Å²) in [7, 11) is 0. The van der Waals surface area contributed by atoms with E-state index in [1.54, 1.807) is 12.1 Å². The van der Waals surface area contributed by atoms with Gasteiger partial charge in [-0.3, -0.25) is 4.79 Å². The van der Waals surface area contributed by atoms with Crippen molar-refractivity contribution in [2.24, 2.45) is 0 Å². The van der Waals surface area contributed by atoms with Crippen LogP contribution in [0.25, 0.3) is 0 Å². The van der Waals surface area contributed by atoms with Gasteiger partial charge < -0.3 is 15.3 Å². The molecular formula is C20H19N3O2S. The lowest BCUT2D eigenvalue weighted by atomic mass is 9.88. The lowest BCUT2D eigenvalue weighted by molar-refractivity contribution is -0.130. The van der Waals surface area contributed by atoms with Crippen LogP contribution in [0.1, 0.15) is 42.5 Å². The molecule has 0 bridgehead atoms. The highest BCUT2D eigenvalue weighted by Gasteiger charge is 2.36. The van der Waals surface area contributed by atoms with Gasteiger partial charge in [-0.2, -0.15) is 5.26 Å². The fourth-order valence-electron chi connectivity index (χ4n) is 3.92. The van der Waals surface area contributed by atoms with Gasteiger partial charge in [0, 0.05) is 23.5 Å². The predicted octanol–water partition coefficient (Wildman–Crippen LogP) is 4.19. The van der Waals surface area contributed by atoms with Crippen LogP contribution in [0, 0.1) is 10.7 Å². The third-order valence-corrected chi connectivity index (χ3v) is 5.67. The molecule has 0 saturated carbocycles. The van der Waals surface area contributed by atoms with Crippen LogP contribution in [0.2, 0.25) is 0 Å². The minimum absolute atomic E-state index is 0.0162. The number of fused-ring (bicyclic) bond motifs is 1. The third-order valence-electron chi connectivity index (χ3n) is 5.09. The Kier molecular flexibility index (Phi) is 4.48. The van der Waals surface area contributed by atoms with Crippen LogP contribution in [0.3, 0.4) is 0 Å². The van der Waals surface area contributed by atoms with Gasteiger partial charge >= 0.3 is 0 Å². The van der Waals surface area contributed by atoms with Crippen molar-refractivity contribution in [3.63, 3.8) is 0 Å².